The molecular weight excluding hydrogens is 260 g/mol. The molecule has 1 atom stereocenters. The van der Waals surface area contributed by atoms with Crippen molar-refractivity contribution >= 4 is 0 Å². The third-order valence-corrected chi connectivity index (χ3v) is 3.97. The van der Waals surface area contributed by atoms with Gasteiger partial charge in [-0.2, -0.15) is 0 Å². The SMILES string of the molecule is CN(CCc1ccncc1)CC(C)(CO)c1ccccc1. The quantitative estimate of drug-likeness (QED) is 0.848. The van der Waals surface area contributed by atoms with Crippen LogP contribution in [0.3, 0.4) is 0 Å². The predicted molar refractivity (Wildman–Crippen MR) is 86.3 cm³/mol. The average molecular weight is 284 g/mol. The van der Waals surface area contributed by atoms with Crippen molar-refractivity contribution in [2.45, 2.75) is 18.8 Å². The van der Waals surface area contributed by atoms with E-state index in [4.69, 9.17) is 0 Å². The normalized spacial score (nSPS) is 14.1. The van der Waals surface area contributed by atoms with Crippen LogP contribution in [0, 0.1) is 0 Å². The van der Waals surface area contributed by atoms with E-state index in [1.807, 2.05) is 30.6 Å². The second kappa shape index (κ2) is 7.34. The molecule has 0 aliphatic rings. The molecule has 1 aromatic heterocycles. The van der Waals surface area contributed by atoms with Crippen LogP contribution in [0.4, 0.5) is 0 Å². The first-order chi connectivity index (χ1) is 10.1. The molecule has 21 heavy (non-hydrogen) atoms. The Bertz CT molecular complexity index is 529. The summed E-state index contributed by atoms with van der Waals surface area (Å²) >= 11 is 0. The van der Waals surface area contributed by atoms with Gasteiger partial charge in [-0.15, -0.1) is 0 Å². The van der Waals surface area contributed by atoms with Gasteiger partial charge in [-0.1, -0.05) is 37.3 Å². The van der Waals surface area contributed by atoms with Crippen molar-refractivity contribution in [3.8, 4) is 0 Å². The van der Waals surface area contributed by atoms with Gasteiger partial charge in [-0.3, -0.25) is 4.98 Å². The predicted octanol–water partition coefficient (Wildman–Crippen LogP) is 2.51. The highest BCUT2D eigenvalue weighted by Crippen LogP contribution is 2.24. The fourth-order valence-electron chi connectivity index (χ4n) is 2.62. The lowest BCUT2D eigenvalue weighted by molar-refractivity contribution is 0.159. The molecule has 112 valence electrons. The number of benzene rings is 1. The summed E-state index contributed by atoms with van der Waals surface area (Å²) in [5, 5.41) is 9.84. The highest BCUT2D eigenvalue weighted by atomic mass is 16.3. The highest BCUT2D eigenvalue weighted by Gasteiger charge is 2.27. The zero-order valence-corrected chi connectivity index (χ0v) is 12.9. The van der Waals surface area contributed by atoms with Crippen molar-refractivity contribution < 1.29 is 5.11 Å². The molecule has 1 N–H and O–H groups in total. The van der Waals surface area contributed by atoms with E-state index in [1.165, 1.54) is 11.1 Å². The molecule has 2 aromatic rings. The summed E-state index contributed by atoms with van der Waals surface area (Å²) in [5.41, 5.74) is 2.25. The topological polar surface area (TPSA) is 36.4 Å². The van der Waals surface area contributed by atoms with Crippen molar-refractivity contribution in [3.05, 3.63) is 66.0 Å². The van der Waals surface area contributed by atoms with Crippen LogP contribution in [-0.2, 0) is 11.8 Å². The number of hydrogen-bond acceptors (Lipinski definition) is 3. The van der Waals surface area contributed by atoms with E-state index in [9.17, 15) is 5.11 Å². The van der Waals surface area contributed by atoms with Crippen molar-refractivity contribution in [2.24, 2.45) is 0 Å². The van der Waals surface area contributed by atoms with Gasteiger partial charge in [0.25, 0.3) is 0 Å². The molecule has 0 radical (unpaired) electrons. The van der Waals surface area contributed by atoms with Gasteiger partial charge in [-0.25, -0.2) is 0 Å². The van der Waals surface area contributed by atoms with Crippen LogP contribution in [0.25, 0.3) is 0 Å². The minimum Gasteiger partial charge on any atom is -0.395 e. The number of hydrogen-bond donors (Lipinski definition) is 1. The fourth-order valence-corrected chi connectivity index (χ4v) is 2.62. The molecule has 1 unspecified atom stereocenters. The van der Waals surface area contributed by atoms with Crippen molar-refractivity contribution in [1.82, 2.24) is 9.88 Å². The Kier molecular flexibility index (Phi) is 5.48. The summed E-state index contributed by atoms with van der Waals surface area (Å²) in [5.74, 6) is 0. The van der Waals surface area contributed by atoms with Crippen LogP contribution in [0.1, 0.15) is 18.1 Å². The van der Waals surface area contributed by atoms with Gasteiger partial charge in [0.05, 0.1) is 6.61 Å². The fraction of sp³-hybridized carbons (Fsp3) is 0.389. The summed E-state index contributed by atoms with van der Waals surface area (Å²) in [6.07, 6.45) is 4.66. The molecule has 0 spiro atoms. The molecule has 0 saturated heterocycles. The molecule has 0 aliphatic carbocycles. The summed E-state index contributed by atoms with van der Waals surface area (Å²) < 4.78 is 0. The minimum atomic E-state index is -0.228. The monoisotopic (exact) mass is 284 g/mol. The van der Waals surface area contributed by atoms with Gasteiger partial charge in [-0.05, 0) is 36.7 Å². The summed E-state index contributed by atoms with van der Waals surface area (Å²) in [6, 6.07) is 14.3. The number of likely N-dealkylation sites (N-methyl/N-ethyl adjacent to an activating group) is 1. The molecule has 0 bridgehead atoms. The van der Waals surface area contributed by atoms with E-state index in [0.717, 1.165) is 19.5 Å². The van der Waals surface area contributed by atoms with E-state index in [2.05, 4.69) is 48.1 Å². The second-order valence-electron chi connectivity index (χ2n) is 5.93. The summed E-state index contributed by atoms with van der Waals surface area (Å²) in [4.78, 5) is 6.32. The average Bonchev–Trinajstić information content (AvgIpc) is 2.54. The minimum absolute atomic E-state index is 0.149. The van der Waals surface area contributed by atoms with E-state index in [-0.39, 0.29) is 12.0 Å². The van der Waals surface area contributed by atoms with Gasteiger partial charge in [0.1, 0.15) is 0 Å². The first-order valence-electron chi connectivity index (χ1n) is 7.38. The lowest BCUT2D eigenvalue weighted by Gasteiger charge is -2.32. The Morgan fingerprint density at radius 3 is 2.38 bits per heavy atom. The lowest BCUT2D eigenvalue weighted by Crippen LogP contribution is -2.40. The number of pyridine rings is 1. The molecular formula is C18H24N2O. The summed E-state index contributed by atoms with van der Waals surface area (Å²) in [6.45, 7) is 4.06. The van der Waals surface area contributed by atoms with Gasteiger partial charge >= 0.3 is 0 Å². The van der Waals surface area contributed by atoms with Gasteiger partial charge in [0, 0.05) is 30.9 Å². The maximum Gasteiger partial charge on any atom is 0.0537 e. The van der Waals surface area contributed by atoms with Crippen LogP contribution < -0.4 is 0 Å². The van der Waals surface area contributed by atoms with Gasteiger partial charge < -0.3 is 10.0 Å². The maximum absolute atomic E-state index is 9.84. The first kappa shape index (κ1) is 15.7. The number of aliphatic hydroxyl groups excluding tert-OH is 1. The lowest BCUT2D eigenvalue weighted by atomic mass is 9.83. The molecule has 3 nitrogen and oxygen atoms in total. The summed E-state index contributed by atoms with van der Waals surface area (Å²) in [7, 11) is 2.11. The zero-order chi connectivity index (χ0) is 15.1. The van der Waals surface area contributed by atoms with Crippen LogP contribution in [0.2, 0.25) is 0 Å². The molecule has 0 saturated carbocycles. The Morgan fingerprint density at radius 1 is 1.10 bits per heavy atom. The molecule has 0 fully saturated rings. The van der Waals surface area contributed by atoms with Gasteiger partial charge in [0.2, 0.25) is 0 Å². The maximum atomic E-state index is 9.84. The Labute approximate surface area is 127 Å². The second-order valence-corrected chi connectivity index (χ2v) is 5.93. The van der Waals surface area contributed by atoms with Crippen LogP contribution in [0.15, 0.2) is 54.9 Å². The third-order valence-electron chi connectivity index (χ3n) is 3.97. The standard InChI is InChI=1S/C18H24N2O/c1-18(15-21,17-6-4-3-5-7-17)14-20(2)13-10-16-8-11-19-12-9-16/h3-9,11-12,21H,10,13-15H2,1-2H3. The Morgan fingerprint density at radius 2 is 1.76 bits per heavy atom. The highest BCUT2D eigenvalue weighted by molar-refractivity contribution is 5.25. The molecule has 1 aromatic carbocycles. The Hall–Kier alpha value is -1.71. The third kappa shape index (κ3) is 4.38. The Balaban J connectivity index is 1.95. The zero-order valence-electron chi connectivity index (χ0n) is 12.9. The smallest absolute Gasteiger partial charge is 0.0537 e. The number of nitrogens with zero attached hydrogens (tertiary/aromatic N) is 2. The van der Waals surface area contributed by atoms with Crippen molar-refractivity contribution in [1.29, 1.82) is 0 Å². The molecule has 0 aliphatic heterocycles. The van der Waals surface area contributed by atoms with Crippen LogP contribution >= 0.6 is 0 Å². The number of rotatable bonds is 7. The molecule has 0 amide bonds. The first-order valence-corrected chi connectivity index (χ1v) is 7.38. The number of aromatic nitrogens is 1. The van der Waals surface area contributed by atoms with Crippen molar-refractivity contribution in [3.63, 3.8) is 0 Å². The van der Waals surface area contributed by atoms with E-state index < -0.39 is 0 Å². The molecule has 1 heterocycles. The largest absolute Gasteiger partial charge is 0.395 e. The molecule has 3 heteroatoms. The van der Waals surface area contributed by atoms with Crippen LogP contribution in [0.5, 0.6) is 0 Å². The van der Waals surface area contributed by atoms with E-state index in [1.54, 1.807) is 0 Å². The van der Waals surface area contributed by atoms with E-state index in [0.29, 0.717) is 0 Å². The molecule has 2 rings (SSSR count). The van der Waals surface area contributed by atoms with Crippen molar-refractivity contribution in [2.75, 3.05) is 26.7 Å². The van der Waals surface area contributed by atoms with Gasteiger partial charge in [0.15, 0.2) is 0 Å². The number of aliphatic hydroxyl groups is 1. The van der Waals surface area contributed by atoms with E-state index >= 15 is 0 Å². The van der Waals surface area contributed by atoms with Crippen LogP contribution in [-0.4, -0.2) is 41.7 Å².